The van der Waals surface area contributed by atoms with Gasteiger partial charge in [-0.1, -0.05) is 12.1 Å². The number of halogens is 3. The molecule has 0 aromatic heterocycles. The zero-order valence-electron chi connectivity index (χ0n) is 8.05. The summed E-state index contributed by atoms with van der Waals surface area (Å²) in [5.41, 5.74) is -0.188. The van der Waals surface area contributed by atoms with Crippen molar-refractivity contribution in [2.24, 2.45) is 0 Å². The van der Waals surface area contributed by atoms with Crippen LogP contribution in [-0.4, -0.2) is 5.11 Å². The van der Waals surface area contributed by atoms with Gasteiger partial charge in [0.1, 0.15) is 23.2 Å². The molecule has 0 heterocycles. The van der Waals surface area contributed by atoms with Crippen molar-refractivity contribution in [3.8, 4) is 16.9 Å². The van der Waals surface area contributed by atoms with E-state index in [1.165, 1.54) is 24.3 Å². The molecule has 0 aliphatic heterocycles. The summed E-state index contributed by atoms with van der Waals surface area (Å²) in [6.45, 7) is 0. The maximum absolute atomic E-state index is 13.4. The van der Waals surface area contributed by atoms with Crippen LogP contribution in [0.2, 0.25) is 0 Å². The number of phenolic OH excluding ortho intramolecular Hbond substituents is 1. The van der Waals surface area contributed by atoms with Gasteiger partial charge < -0.3 is 5.11 Å². The van der Waals surface area contributed by atoms with Crippen molar-refractivity contribution in [2.75, 3.05) is 0 Å². The first-order chi connectivity index (χ1) is 7.58. The Morgan fingerprint density at radius 2 is 1.50 bits per heavy atom. The van der Waals surface area contributed by atoms with Crippen LogP contribution in [0.5, 0.6) is 5.75 Å². The average molecular weight is 224 g/mol. The van der Waals surface area contributed by atoms with E-state index in [1.807, 2.05) is 0 Å². The fraction of sp³-hybridized carbons (Fsp3) is 0. The van der Waals surface area contributed by atoms with Crippen molar-refractivity contribution in [1.82, 2.24) is 0 Å². The van der Waals surface area contributed by atoms with E-state index in [9.17, 15) is 18.3 Å². The predicted molar refractivity (Wildman–Crippen MR) is 53.4 cm³/mol. The van der Waals surface area contributed by atoms with Crippen LogP contribution in [0.3, 0.4) is 0 Å². The van der Waals surface area contributed by atoms with Crippen LogP contribution >= 0.6 is 0 Å². The van der Waals surface area contributed by atoms with Crippen molar-refractivity contribution in [3.05, 3.63) is 53.8 Å². The Kier molecular flexibility index (Phi) is 2.56. The van der Waals surface area contributed by atoms with Gasteiger partial charge in [0.2, 0.25) is 0 Å². The van der Waals surface area contributed by atoms with Crippen LogP contribution in [0, 0.1) is 17.5 Å². The summed E-state index contributed by atoms with van der Waals surface area (Å²) in [6, 6.07) is 6.67. The Balaban J connectivity index is 2.64. The smallest absolute Gasteiger partial charge is 0.136 e. The van der Waals surface area contributed by atoms with Crippen molar-refractivity contribution in [3.63, 3.8) is 0 Å². The number of hydrogen-bond acceptors (Lipinski definition) is 1. The van der Waals surface area contributed by atoms with Gasteiger partial charge in [-0.05, 0) is 17.7 Å². The van der Waals surface area contributed by atoms with E-state index in [0.29, 0.717) is 12.1 Å². The first-order valence-electron chi connectivity index (χ1n) is 4.52. The lowest BCUT2D eigenvalue weighted by Crippen LogP contribution is -1.92. The lowest BCUT2D eigenvalue weighted by molar-refractivity contribution is 0.475. The van der Waals surface area contributed by atoms with Crippen LogP contribution < -0.4 is 0 Å². The van der Waals surface area contributed by atoms with Crippen molar-refractivity contribution in [1.29, 1.82) is 0 Å². The summed E-state index contributed by atoms with van der Waals surface area (Å²) >= 11 is 0. The lowest BCUT2D eigenvalue weighted by Gasteiger charge is -2.05. The summed E-state index contributed by atoms with van der Waals surface area (Å²) in [4.78, 5) is 0. The monoisotopic (exact) mass is 224 g/mol. The first-order valence-corrected chi connectivity index (χ1v) is 4.52. The minimum absolute atomic E-state index is 0.111. The summed E-state index contributed by atoms with van der Waals surface area (Å²) in [6.07, 6.45) is 0. The third kappa shape index (κ3) is 1.86. The number of phenols is 1. The van der Waals surface area contributed by atoms with Gasteiger partial charge in [-0.3, -0.25) is 0 Å². The molecule has 0 fully saturated rings. The van der Waals surface area contributed by atoms with Gasteiger partial charge >= 0.3 is 0 Å². The number of aromatic hydroxyl groups is 1. The normalized spacial score (nSPS) is 10.4. The van der Waals surface area contributed by atoms with Crippen LogP contribution in [0.1, 0.15) is 0 Å². The van der Waals surface area contributed by atoms with Gasteiger partial charge in [0, 0.05) is 12.1 Å². The van der Waals surface area contributed by atoms with Gasteiger partial charge in [-0.25, -0.2) is 13.2 Å². The zero-order chi connectivity index (χ0) is 11.7. The quantitative estimate of drug-likeness (QED) is 0.786. The molecule has 0 bridgehead atoms. The molecule has 1 N–H and O–H groups in total. The molecule has 0 radical (unpaired) electrons. The fourth-order valence-corrected chi connectivity index (χ4v) is 1.48. The lowest BCUT2D eigenvalue weighted by atomic mass is 10.0. The molecule has 1 nitrogen and oxygen atoms in total. The van der Waals surface area contributed by atoms with E-state index in [-0.39, 0.29) is 16.9 Å². The maximum Gasteiger partial charge on any atom is 0.136 e. The minimum Gasteiger partial charge on any atom is -0.508 e. The van der Waals surface area contributed by atoms with Crippen molar-refractivity contribution < 1.29 is 18.3 Å². The molecular formula is C12H7F3O. The summed E-state index contributed by atoms with van der Waals surface area (Å²) < 4.78 is 39.4. The van der Waals surface area contributed by atoms with Gasteiger partial charge in [-0.15, -0.1) is 0 Å². The Labute approximate surface area is 89.8 Å². The molecule has 0 spiro atoms. The summed E-state index contributed by atoms with van der Waals surface area (Å²) in [5, 5.41) is 9.19. The highest BCUT2D eigenvalue weighted by atomic mass is 19.1. The van der Waals surface area contributed by atoms with Crippen molar-refractivity contribution in [2.45, 2.75) is 0 Å². The highest BCUT2D eigenvalue weighted by Crippen LogP contribution is 2.28. The van der Waals surface area contributed by atoms with Crippen LogP contribution in [0.25, 0.3) is 11.1 Å². The second kappa shape index (κ2) is 3.89. The molecule has 0 unspecified atom stereocenters. The van der Waals surface area contributed by atoms with Crippen LogP contribution in [0.4, 0.5) is 13.2 Å². The SMILES string of the molecule is Oc1cccc(-c2c(F)cc(F)cc2F)c1. The predicted octanol–water partition coefficient (Wildman–Crippen LogP) is 3.48. The molecule has 0 saturated carbocycles. The van der Waals surface area contributed by atoms with Gasteiger partial charge in [-0.2, -0.15) is 0 Å². The van der Waals surface area contributed by atoms with Crippen LogP contribution in [-0.2, 0) is 0 Å². The minimum atomic E-state index is -0.997. The number of hydrogen-bond donors (Lipinski definition) is 1. The largest absolute Gasteiger partial charge is 0.508 e. The Hall–Kier alpha value is -1.97. The molecule has 82 valence electrons. The van der Waals surface area contributed by atoms with Gasteiger partial charge in [0.05, 0.1) is 5.56 Å². The maximum atomic E-state index is 13.4. The van der Waals surface area contributed by atoms with E-state index < -0.39 is 17.5 Å². The van der Waals surface area contributed by atoms with Gasteiger partial charge in [0.15, 0.2) is 0 Å². The molecule has 16 heavy (non-hydrogen) atoms. The highest BCUT2D eigenvalue weighted by molar-refractivity contribution is 5.66. The Morgan fingerprint density at radius 3 is 2.06 bits per heavy atom. The molecule has 2 aromatic carbocycles. The third-order valence-corrected chi connectivity index (χ3v) is 2.14. The second-order valence-electron chi connectivity index (χ2n) is 3.29. The number of rotatable bonds is 1. The molecule has 2 rings (SSSR count). The Morgan fingerprint density at radius 1 is 0.875 bits per heavy atom. The molecule has 0 saturated heterocycles. The standard InChI is InChI=1S/C12H7F3O/c13-8-5-10(14)12(11(15)6-8)7-2-1-3-9(16)4-7/h1-6,16H. The summed E-state index contributed by atoms with van der Waals surface area (Å²) in [5.74, 6) is -3.08. The van der Waals surface area contributed by atoms with Gasteiger partial charge in [0.25, 0.3) is 0 Å². The fourth-order valence-electron chi connectivity index (χ4n) is 1.48. The average Bonchev–Trinajstić information content (AvgIpc) is 2.15. The van der Waals surface area contributed by atoms with E-state index in [4.69, 9.17) is 0 Å². The third-order valence-electron chi connectivity index (χ3n) is 2.14. The molecular weight excluding hydrogens is 217 g/mol. The zero-order valence-corrected chi connectivity index (χ0v) is 8.05. The highest BCUT2D eigenvalue weighted by Gasteiger charge is 2.13. The molecule has 0 amide bonds. The topological polar surface area (TPSA) is 20.2 Å². The molecule has 0 atom stereocenters. The molecule has 4 heteroatoms. The van der Waals surface area contributed by atoms with E-state index in [2.05, 4.69) is 0 Å². The van der Waals surface area contributed by atoms with E-state index in [0.717, 1.165) is 0 Å². The molecule has 2 aromatic rings. The van der Waals surface area contributed by atoms with E-state index >= 15 is 0 Å². The first kappa shape index (κ1) is 10.5. The van der Waals surface area contributed by atoms with Crippen LogP contribution in [0.15, 0.2) is 36.4 Å². The van der Waals surface area contributed by atoms with Crippen molar-refractivity contribution >= 4 is 0 Å². The Bertz CT molecular complexity index is 515. The molecule has 0 aliphatic rings. The number of benzene rings is 2. The second-order valence-corrected chi connectivity index (χ2v) is 3.29. The molecule has 0 aliphatic carbocycles. The van der Waals surface area contributed by atoms with E-state index in [1.54, 1.807) is 0 Å². The summed E-state index contributed by atoms with van der Waals surface area (Å²) in [7, 11) is 0.